The molecule has 0 bridgehead atoms. The number of guanidine groups is 1. The van der Waals surface area contributed by atoms with Gasteiger partial charge in [0.2, 0.25) is 0 Å². The molecule has 0 radical (unpaired) electrons. The van der Waals surface area contributed by atoms with E-state index in [9.17, 15) is 8.42 Å². The second-order valence-corrected chi connectivity index (χ2v) is 8.10. The highest BCUT2D eigenvalue weighted by Gasteiger charge is 2.46. The maximum absolute atomic E-state index is 11.7. The average Bonchev–Trinajstić information content (AvgIpc) is 2.10. The van der Waals surface area contributed by atoms with Gasteiger partial charge < -0.3 is 11.1 Å². The van der Waals surface area contributed by atoms with Crippen LogP contribution in [0.15, 0.2) is 4.99 Å². The average molecular weight is 401 g/mol. The Balaban J connectivity index is 0.00000180. The molecule has 0 spiro atoms. The number of rotatable bonds is 5. The summed E-state index contributed by atoms with van der Waals surface area (Å²) in [7, 11) is -3.04. The minimum atomic E-state index is -3.04. The van der Waals surface area contributed by atoms with Crippen LogP contribution in [-0.2, 0) is 9.84 Å². The SMILES string of the molecule is CS(=O)(=O)C1(CN=C(N)NCC2CCC2)CCC1.I. The number of nitrogens with one attached hydrogen (secondary N) is 1. The highest BCUT2D eigenvalue weighted by molar-refractivity contribution is 14.0. The summed E-state index contributed by atoms with van der Waals surface area (Å²) in [5.41, 5.74) is 5.77. The van der Waals surface area contributed by atoms with E-state index in [1.807, 2.05) is 0 Å². The number of nitrogens with two attached hydrogens (primary N) is 1. The Labute approximate surface area is 132 Å². The summed E-state index contributed by atoms with van der Waals surface area (Å²) in [6.07, 6.45) is 7.52. The molecule has 7 heteroatoms. The second-order valence-electron chi connectivity index (χ2n) is 5.69. The van der Waals surface area contributed by atoms with Crippen LogP contribution in [0.3, 0.4) is 0 Å². The lowest BCUT2D eigenvalue weighted by Gasteiger charge is -2.38. The van der Waals surface area contributed by atoms with Crippen LogP contribution in [0.2, 0.25) is 0 Å². The fourth-order valence-electron chi connectivity index (χ4n) is 2.45. The van der Waals surface area contributed by atoms with Crippen molar-refractivity contribution in [3.63, 3.8) is 0 Å². The number of sulfone groups is 1. The van der Waals surface area contributed by atoms with E-state index >= 15 is 0 Å². The van der Waals surface area contributed by atoms with Crippen LogP contribution in [-0.4, -0.2) is 38.5 Å². The van der Waals surface area contributed by atoms with Crippen molar-refractivity contribution >= 4 is 39.8 Å². The molecule has 0 aromatic heterocycles. The van der Waals surface area contributed by atoms with Gasteiger partial charge >= 0.3 is 0 Å². The molecule has 3 N–H and O–H groups in total. The summed E-state index contributed by atoms with van der Waals surface area (Å²) in [6.45, 7) is 1.16. The lowest BCUT2D eigenvalue weighted by Crippen LogP contribution is -2.48. The largest absolute Gasteiger partial charge is 0.370 e. The summed E-state index contributed by atoms with van der Waals surface area (Å²) < 4.78 is 22.8. The Hall–Kier alpha value is -0.0500. The Morgan fingerprint density at radius 2 is 2.00 bits per heavy atom. The molecule has 0 aliphatic heterocycles. The van der Waals surface area contributed by atoms with Gasteiger partial charge in [-0.25, -0.2) is 8.42 Å². The zero-order valence-corrected chi connectivity index (χ0v) is 14.5. The number of hydrogen-bond donors (Lipinski definition) is 2. The van der Waals surface area contributed by atoms with Crippen molar-refractivity contribution in [1.82, 2.24) is 5.32 Å². The van der Waals surface area contributed by atoms with E-state index in [1.54, 1.807) is 0 Å². The first-order valence-corrected chi connectivity index (χ1v) is 8.55. The van der Waals surface area contributed by atoms with Gasteiger partial charge in [0.15, 0.2) is 15.8 Å². The van der Waals surface area contributed by atoms with Gasteiger partial charge in [-0.05, 0) is 31.6 Å². The van der Waals surface area contributed by atoms with E-state index in [1.165, 1.54) is 25.5 Å². The third-order valence-corrected chi connectivity index (χ3v) is 6.50. The molecule has 0 atom stereocenters. The van der Waals surface area contributed by atoms with Crippen LogP contribution >= 0.6 is 24.0 Å². The molecule has 0 heterocycles. The van der Waals surface area contributed by atoms with Crippen LogP contribution in [0.5, 0.6) is 0 Å². The lowest BCUT2D eigenvalue weighted by molar-refractivity contribution is 0.314. The summed E-state index contributed by atoms with van der Waals surface area (Å²) in [4.78, 5) is 4.22. The summed E-state index contributed by atoms with van der Waals surface area (Å²) >= 11 is 0. The van der Waals surface area contributed by atoms with Crippen LogP contribution in [0.1, 0.15) is 38.5 Å². The van der Waals surface area contributed by atoms with E-state index in [0.717, 1.165) is 13.0 Å². The van der Waals surface area contributed by atoms with Crippen molar-refractivity contribution < 1.29 is 8.42 Å². The van der Waals surface area contributed by atoms with Crippen molar-refractivity contribution in [1.29, 1.82) is 0 Å². The molecule has 0 amide bonds. The topological polar surface area (TPSA) is 84.5 Å². The summed E-state index contributed by atoms with van der Waals surface area (Å²) in [5, 5.41) is 3.09. The lowest BCUT2D eigenvalue weighted by atomic mass is 9.84. The Bertz CT molecular complexity index is 428. The van der Waals surface area contributed by atoms with Crippen molar-refractivity contribution in [3.05, 3.63) is 0 Å². The molecule has 0 aromatic rings. The quantitative estimate of drug-likeness (QED) is 0.413. The highest BCUT2D eigenvalue weighted by atomic mass is 127. The molecule has 2 fully saturated rings. The highest BCUT2D eigenvalue weighted by Crippen LogP contribution is 2.39. The van der Waals surface area contributed by atoms with Gasteiger partial charge in [-0.1, -0.05) is 12.8 Å². The van der Waals surface area contributed by atoms with Crippen LogP contribution in [0.25, 0.3) is 0 Å². The molecular weight excluding hydrogens is 377 g/mol. The van der Waals surface area contributed by atoms with Crippen LogP contribution in [0.4, 0.5) is 0 Å². The second kappa shape index (κ2) is 6.60. The molecule has 2 aliphatic rings. The first-order valence-electron chi connectivity index (χ1n) is 6.66. The van der Waals surface area contributed by atoms with E-state index in [0.29, 0.717) is 31.3 Å². The molecule has 19 heavy (non-hydrogen) atoms. The molecule has 2 aliphatic carbocycles. The maximum Gasteiger partial charge on any atom is 0.188 e. The monoisotopic (exact) mass is 401 g/mol. The van der Waals surface area contributed by atoms with E-state index < -0.39 is 14.6 Å². The molecule has 2 saturated carbocycles. The molecule has 5 nitrogen and oxygen atoms in total. The standard InChI is InChI=1S/C12H23N3O2S.HI/c1-18(16,17)12(6-3-7-12)9-15-11(13)14-8-10-4-2-5-10;/h10H,2-9H2,1H3,(H3,13,14,15);1H. The Kier molecular flexibility index (Phi) is 5.91. The van der Waals surface area contributed by atoms with Gasteiger partial charge in [-0.3, -0.25) is 4.99 Å². The van der Waals surface area contributed by atoms with E-state index in [-0.39, 0.29) is 24.0 Å². The van der Waals surface area contributed by atoms with Gasteiger partial charge in [0.1, 0.15) is 0 Å². The van der Waals surface area contributed by atoms with Gasteiger partial charge in [-0.2, -0.15) is 0 Å². The van der Waals surface area contributed by atoms with Gasteiger partial charge in [-0.15, -0.1) is 24.0 Å². The number of hydrogen-bond acceptors (Lipinski definition) is 3. The van der Waals surface area contributed by atoms with Crippen molar-refractivity contribution in [3.8, 4) is 0 Å². The fraction of sp³-hybridized carbons (Fsp3) is 0.917. The van der Waals surface area contributed by atoms with E-state index in [2.05, 4.69) is 10.3 Å². The fourth-order valence-corrected chi connectivity index (χ4v) is 3.78. The zero-order chi connectivity index (χ0) is 13.2. The van der Waals surface area contributed by atoms with E-state index in [4.69, 9.17) is 5.73 Å². The number of aliphatic imine (C=N–C) groups is 1. The number of halogens is 1. The molecule has 0 aromatic carbocycles. The predicted molar refractivity (Wildman–Crippen MR) is 88.7 cm³/mol. The Morgan fingerprint density at radius 1 is 1.37 bits per heavy atom. The van der Waals surface area contributed by atoms with Crippen LogP contribution < -0.4 is 11.1 Å². The zero-order valence-electron chi connectivity index (χ0n) is 11.4. The maximum atomic E-state index is 11.7. The van der Waals surface area contributed by atoms with Gasteiger partial charge in [0, 0.05) is 12.8 Å². The first kappa shape index (κ1) is 17.0. The van der Waals surface area contributed by atoms with Crippen LogP contribution in [0, 0.1) is 5.92 Å². The minimum Gasteiger partial charge on any atom is -0.370 e. The third-order valence-electron chi connectivity index (χ3n) is 4.39. The molecule has 2 rings (SSSR count). The molecule has 112 valence electrons. The third kappa shape index (κ3) is 3.96. The molecule has 0 unspecified atom stereocenters. The summed E-state index contributed by atoms with van der Waals surface area (Å²) in [6, 6.07) is 0. The van der Waals surface area contributed by atoms with Crippen molar-refractivity contribution in [2.45, 2.75) is 43.3 Å². The molecular formula is C12H24IN3O2S. The Morgan fingerprint density at radius 3 is 2.37 bits per heavy atom. The minimum absolute atomic E-state index is 0. The van der Waals surface area contributed by atoms with Crippen molar-refractivity contribution in [2.75, 3.05) is 19.3 Å². The number of nitrogens with zero attached hydrogens (tertiary/aromatic N) is 1. The summed E-state index contributed by atoms with van der Waals surface area (Å²) in [5.74, 6) is 1.10. The van der Waals surface area contributed by atoms with Crippen molar-refractivity contribution in [2.24, 2.45) is 16.6 Å². The normalized spacial score (nSPS) is 22.9. The predicted octanol–water partition coefficient (Wildman–Crippen LogP) is 1.28. The first-order chi connectivity index (χ1) is 8.43. The smallest absolute Gasteiger partial charge is 0.188 e. The van der Waals surface area contributed by atoms with Gasteiger partial charge in [0.05, 0.1) is 11.3 Å². The molecule has 0 saturated heterocycles. The van der Waals surface area contributed by atoms with Gasteiger partial charge in [0.25, 0.3) is 0 Å².